The second-order valence-electron chi connectivity index (χ2n) is 0.470. The van der Waals surface area contributed by atoms with Crippen LogP contribution in [0.15, 0.2) is 0 Å². The van der Waals surface area contributed by atoms with Crippen molar-refractivity contribution < 1.29 is 30.6 Å². The van der Waals surface area contributed by atoms with E-state index >= 15 is 0 Å². The standard InChI is InChI=1S/BrHIO3S/c1-2-6(3,4)5/h(H,3,4,5)/q-1. The van der Waals surface area contributed by atoms with Crippen LogP contribution in [0, 0.1) is 0 Å². The van der Waals surface area contributed by atoms with E-state index in [1.165, 1.54) is 0 Å². The summed E-state index contributed by atoms with van der Waals surface area (Å²) in [5.74, 6) is 0. The maximum atomic E-state index is 9.56. The fourth-order valence-electron chi connectivity index (χ4n) is 0. The minimum atomic E-state index is -3.64. The summed E-state index contributed by atoms with van der Waals surface area (Å²) in [6.45, 7) is 0. The molecule has 0 heterocycles. The third-order valence-corrected chi connectivity index (χ3v) is 7.71. The van der Waals surface area contributed by atoms with E-state index in [0.717, 1.165) is 0 Å². The zero-order chi connectivity index (χ0) is 5.21. The van der Waals surface area contributed by atoms with Crippen molar-refractivity contribution in [2.24, 2.45) is 0 Å². The maximum absolute atomic E-state index is 9.56. The number of hydrogen-bond donors (Lipinski definition) is 1. The molecule has 0 spiro atoms. The van der Waals surface area contributed by atoms with E-state index in [4.69, 9.17) is 4.55 Å². The summed E-state index contributed by atoms with van der Waals surface area (Å²) in [6.07, 6.45) is 0. The molecule has 6 heteroatoms. The molecular weight excluding hydrogens is 287 g/mol. The molecule has 6 heavy (non-hydrogen) atoms. The summed E-state index contributed by atoms with van der Waals surface area (Å²) in [7, 11) is -3.64. The average Bonchev–Trinajstić information content (AvgIpc) is 1.35. The average molecular weight is 288 g/mol. The molecule has 0 aromatic heterocycles. The van der Waals surface area contributed by atoms with Gasteiger partial charge in [0.25, 0.3) is 0 Å². The Balaban J connectivity index is 3.85. The fourth-order valence-corrected chi connectivity index (χ4v) is 0. The Hall–Kier alpha value is 1.12. The van der Waals surface area contributed by atoms with E-state index in [2.05, 4.69) is 12.7 Å². The van der Waals surface area contributed by atoms with Gasteiger partial charge in [0.05, 0.1) is 0 Å². The molecule has 0 amide bonds. The summed E-state index contributed by atoms with van der Waals surface area (Å²) >= 11 is 1.45. The first-order chi connectivity index (χ1) is 2.56. The Morgan fingerprint density at radius 1 is 1.67 bits per heavy atom. The molecule has 0 aromatic carbocycles. The molecule has 0 rings (SSSR count). The van der Waals surface area contributed by atoms with Crippen LogP contribution in [-0.2, 0) is 7.29 Å². The summed E-state index contributed by atoms with van der Waals surface area (Å²) in [6, 6.07) is 0. The van der Waals surface area contributed by atoms with Crippen LogP contribution in [0.4, 0.5) is 0 Å². The van der Waals surface area contributed by atoms with Gasteiger partial charge >= 0.3 is 50.5 Å². The summed E-state index contributed by atoms with van der Waals surface area (Å²) in [5.41, 5.74) is 0. The van der Waals surface area contributed by atoms with E-state index in [9.17, 15) is 8.42 Å². The first-order valence-corrected chi connectivity index (χ1v) is 9.63. The van der Waals surface area contributed by atoms with E-state index in [-0.39, 0.29) is 0 Å². The van der Waals surface area contributed by atoms with Crippen molar-refractivity contribution >= 4 is 20.0 Å². The van der Waals surface area contributed by atoms with Crippen molar-refractivity contribution in [1.29, 1.82) is 0 Å². The Morgan fingerprint density at radius 3 is 1.83 bits per heavy atom. The van der Waals surface area contributed by atoms with Gasteiger partial charge in [0.1, 0.15) is 0 Å². The van der Waals surface area contributed by atoms with Gasteiger partial charge in [0.15, 0.2) is 0 Å². The van der Waals surface area contributed by atoms with Gasteiger partial charge in [-0.25, -0.2) is 0 Å². The molecular formula is HBrIO3S-. The van der Waals surface area contributed by atoms with Crippen LogP contribution in [0.5, 0.6) is 0 Å². The van der Waals surface area contributed by atoms with Gasteiger partial charge < -0.3 is 0 Å². The van der Waals surface area contributed by atoms with Gasteiger partial charge in [0.2, 0.25) is 0 Å². The van der Waals surface area contributed by atoms with Gasteiger partial charge in [-0.3, -0.25) is 0 Å². The predicted molar refractivity (Wildman–Crippen MR) is 20.5 cm³/mol. The van der Waals surface area contributed by atoms with Crippen LogP contribution in [0.25, 0.3) is 0 Å². The van der Waals surface area contributed by atoms with E-state index < -0.39 is 24.9 Å². The van der Waals surface area contributed by atoms with Crippen molar-refractivity contribution in [3.63, 3.8) is 0 Å². The minimum absolute atomic E-state index is 1.20. The van der Waals surface area contributed by atoms with Gasteiger partial charge in [-0.1, -0.05) is 0 Å². The molecule has 0 aliphatic heterocycles. The molecule has 0 saturated heterocycles. The van der Waals surface area contributed by atoms with E-state index in [0.29, 0.717) is 0 Å². The normalized spacial score (nSPS) is 12.3. The van der Waals surface area contributed by atoms with Crippen LogP contribution < -0.4 is 17.6 Å². The molecule has 0 aromatic rings. The second kappa shape index (κ2) is 2.43. The first-order valence-electron chi connectivity index (χ1n) is 0.813. The molecule has 40 valence electrons. The summed E-state index contributed by atoms with van der Waals surface area (Å²) < 4.78 is 26.9. The van der Waals surface area contributed by atoms with Gasteiger partial charge in [0, 0.05) is 0 Å². The molecule has 1 N–H and O–H groups in total. The van der Waals surface area contributed by atoms with Gasteiger partial charge in [-0.15, -0.1) is 0 Å². The second-order valence-corrected chi connectivity index (χ2v) is 10.7. The first kappa shape index (κ1) is 7.12. The zero-order valence-corrected chi connectivity index (χ0v) is 6.99. The third-order valence-electron chi connectivity index (χ3n) is 0.0737. The van der Waals surface area contributed by atoms with Gasteiger partial charge in [-0.2, -0.15) is 0 Å². The summed E-state index contributed by atoms with van der Waals surface area (Å²) in [4.78, 5) is 0. The third kappa shape index (κ3) is 5.12. The molecule has 0 fully saturated rings. The van der Waals surface area contributed by atoms with Crippen LogP contribution in [-0.4, -0.2) is 13.0 Å². The van der Waals surface area contributed by atoms with Crippen molar-refractivity contribution in [2.45, 2.75) is 0 Å². The topological polar surface area (TPSA) is 54.4 Å². The molecule has 0 aliphatic rings. The van der Waals surface area contributed by atoms with Crippen LogP contribution >= 0.6 is 12.7 Å². The van der Waals surface area contributed by atoms with Crippen LogP contribution in [0.3, 0.4) is 0 Å². The monoisotopic (exact) mass is 287 g/mol. The van der Waals surface area contributed by atoms with Crippen molar-refractivity contribution in [3.05, 3.63) is 0 Å². The number of hydrogen-bond acceptors (Lipinski definition) is 2. The van der Waals surface area contributed by atoms with Crippen LogP contribution in [0.2, 0.25) is 0 Å². The van der Waals surface area contributed by atoms with Crippen molar-refractivity contribution in [3.8, 4) is 0 Å². The van der Waals surface area contributed by atoms with Gasteiger partial charge in [-0.05, 0) is 0 Å². The molecule has 3 nitrogen and oxygen atoms in total. The number of halogens is 2. The Kier molecular flexibility index (Phi) is 2.89. The van der Waals surface area contributed by atoms with E-state index in [1.54, 1.807) is 0 Å². The molecule has 0 unspecified atom stereocenters. The molecule has 0 bridgehead atoms. The molecule has 0 saturated carbocycles. The predicted octanol–water partition coefficient (Wildman–Crippen LogP) is -2.81. The fraction of sp³-hybridized carbons (Fsp3) is 0. The molecule has 0 atom stereocenters. The van der Waals surface area contributed by atoms with Crippen molar-refractivity contribution in [1.82, 2.24) is 0 Å². The zero-order valence-electron chi connectivity index (χ0n) is 2.43. The summed E-state index contributed by atoms with van der Waals surface area (Å²) in [5, 5.41) is 0. The quantitative estimate of drug-likeness (QED) is 0.322. The molecule has 0 aliphatic carbocycles. The Morgan fingerprint density at radius 2 is 1.83 bits per heavy atom. The number of rotatable bonds is 1. The van der Waals surface area contributed by atoms with Crippen LogP contribution in [0.1, 0.15) is 0 Å². The Bertz CT molecular complexity index is 113. The SMILES string of the molecule is O=S(=O)(O)[I-]Br. The van der Waals surface area contributed by atoms with E-state index in [1.807, 2.05) is 0 Å². The molecule has 0 radical (unpaired) electrons. The Labute approximate surface area is 50.3 Å². The van der Waals surface area contributed by atoms with Crippen molar-refractivity contribution in [2.75, 3.05) is 0 Å².